The normalized spacial score (nSPS) is 13.5. The van der Waals surface area contributed by atoms with E-state index in [0.29, 0.717) is 23.1 Å². The van der Waals surface area contributed by atoms with E-state index in [0.717, 1.165) is 17.5 Å². The van der Waals surface area contributed by atoms with E-state index in [4.69, 9.17) is 4.42 Å². The molecular formula is C20H22N2O4. The number of amides is 1. The highest BCUT2D eigenvalue weighted by atomic mass is 16.4. The number of aryl methyl sites for hydroxylation is 1. The van der Waals surface area contributed by atoms with Crippen molar-refractivity contribution < 1.29 is 14.3 Å². The summed E-state index contributed by atoms with van der Waals surface area (Å²) in [5.41, 5.74) is 3.05. The monoisotopic (exact) mass is 354 g/mol. The summed E-state index contributed by atoms with van der Waals surface area (Å²) in [7, 11) is 0. The first-order chi connectivity index (χ1) is 12.5. The van der Waals surface area contributed by atoms with Crippen molar-refractivity contribution in [2.75, 3.05) is 0 Å². The molecule has 26 heavy (non-hydrogen) atoms. The number of fused-ring (bicyclic) bond motifs is 1. The topological polar surface area (TPSA) is 95.3 Å². The van der Waals surface area contributed by atoms with E-state index in [1.54, 1.807) is 18.2 Å². The number of aliphatic hydroxyl groups excluding tert-OH is 1. The van der Waals surface area contributed by atoms with Gasteiger partial charge in [-0.3, -0.25) is 9.78 Å². The largest absolute Gasteiger partial charge is 0.417 e. The Morgan fingerprint density at radius 1 is 1.27 bits per heavy atom. The number of carbonyl (C=O) groups excluding carboxylic acids is 1. The standard InChI is InChI=1S/C20H22N2O4/c1-3-6-15(18(23)14-8-5-4-7-12(14)2)21-19(24)13-9-10-17-16(11-13)22-20(25)26-17/h4-5,7-11,15,18,23H,3,6H2,1-2H3,(H,21,24)(H,22,25)/t15-,18+/m1/s1. The summed E-state index contributed by atoms with van der Waals surface area (Å²) in [4.78, 5) is 26.4. The lowest BCUT2D eigenvalue weighted by Gasteiger charge is -2.25. The highest BCUT2D eigenvalue weighted by Crippen LogP contribution is 2.23. The third-order valence-electron chi connectivity index (χ3n) is 4.49. The number of carbonyl (C=O) groups is 1. The first-order valence-corrected chi connectivity index (χ1v) is 8.67. The lowest BCUT2D eigenvalue weighted by atomic mass is 9.95. The summed E-state index contributed by atoms with van der Waals surface area (Å²) in [5, 5.41) is 13.7. The van der Waals surface area contributed by atoms with Gasteiger partial charge in [-0.05, 0) is 42.7 Å². The molecule has 6 heteroatoms. The number of nitrogens with one attached hydrogen (secondary N) is 2. The Morgan fingerprint density at radius 2 is 2.04 bits per heavy atom. The van der Waals surface area contributed by atoms with Gasteiger partial charge in [-0.25, -0.2) is 4.79 Å². The number of oxazole rings is 1. The molecular weight excluding hydrogens is 332 g/mol. The first kappa shape index (κ1) is 17.9. The van der Waals surface area contributed by atoms with Crippen LogP contribution in [0.25, 0.3) is 11.1 Å². The highest BCUT2D eigenvalue weighted by molar-refractivity contribution is 5.97. The average molecular weight is 354 g/mol. The van der Waals surface area contributed by atoms with Gasteiger partial charge in [-0.15, -0.1) is 0 Å². The maximum atomic E-state index is 12.7. The van der Waals surface area contributed by atoms with Gasteiger partial charge in [0.25, 0.3) is 5.91 Å². The van der Waals surface area contributed by atoms with Crippen LogP contribution in [0.2, 0.25) is 0 Å². The van der Waals surface area contributed by atoms with Crippen LogP contribution in [0.15, 0.2) is 51.7 Å². The lowest BCUT2D eigenvalue weighted by Crippen LogP contribution is -2.39. The van der Waals surface area contributed by atoms with Crippen molar-refractivity contribution in [1.29, 1.82) is 0 Å². The summed E-state index contributed by atoms with van der Waals surface area (Å²) in [6.45, 7) is 3.94. The van der Waals surface area contributed by atoms with Crippen LogP contribution in [0.4, 0.5) is 0 Å². The number of hydrogen-bond donors (Lipinski definition) is 3. The molecule has 0 aliphatic carbocycles. The molecule has 136 valence electrons. The number of aliphatic hydroxyl groups is 1. The van der Waals surface area contributed by atoms with Crippen molar-refractivity contribution in [2.45, 2.75) is 38.8 Å². The van der Waals surface area contributed by atoms with Gasteiger partial charge in [-0.2, -0.15) is 0 Å². The van der Waals surface area contributed by atoms with Crippen molar-refractivity contribution in [1.82, 2.24) is 10.3 Å². The smallest absolute Gasteiger partial charge is 0.408 e. The molecule has 0 unspecified atom stereocenters. The van der Waals surface area contributed by atoms with Crippen molar-refractivity contribution >= 4 is 17.0 Å². The summed E-state index contributed by atoms with van der Waals surface area (Å²) >= 11 is 0. The third kappa shape index (κ3) is 3.70. The predicted octanol–water partition coefficient (Wildman–Crippen LogP) is 3.06. The van der Waals surface area contributed by atoms with E-state index in [2.05, 4.69) is 10.3 Å². The van der Waals surface area contributed by atoms with Crippen LogP contribution in [-0.2, 0) is 0 Å². The molecule has 0 aliphatic heterocycles. The number of hydrogen-bond acceptors (Lipinski definition) is 4. The minimum absolute atomic E-state index is 0.306. The minimum atomic E-state index is -0.794. The molecule has 0 radical (unpaired) electrons. The van der Waals surface area contributed by atoms with Crippen molar-refractivity contribution in [2.24, 2.45) is 0 Å². The van der Waals surface area contributed by atoms with Gasteiger partial charge in [0.15, 0.2) is 5.58 Å². The van der Waals surface area contributed by atoms with Crippen LogP contribution < -0.4 is 11.1 Å². The van der Waals surface area contributed by atoms with Gasteiger partial charge in [0, 0.05) is 5.56 Å². The van der Waals surface area contributed by atoms with Gasteiger partial charge in [0.1, 0.15) is 0 Å². The van der Waals surface area contributed by atoms with Crippen molar-refractivity contribution in [3.63, 3.8) is 0 Å². The average Bonchev–Trinajstić information content (AvgIpc) is 3.00. The van der Waals surface area contributed by atoms with Crippen LogP contribution in [0.5, 0.6) is 0 Å². The molecule has 3 N–H and O–H groups in total. The Balaban J connectivity index is 1.83. The second-order valence-electron chi connectivity index (χ2n) is 6.40. The van der Waals surface area contributed by atoms with Crippen molar-refractivity contribution in [3.05, 3.63) is 69.7 Å². The molecule has 1 aromatic heterocycles. The zero-order chi connectivity index (χ0) is 18.7. The number of H-pyrrole nitrogens is 1. The van der Waals surface area contributed by atoms with Crippen LogP contribution >= 0.6 is 0 Å². The highest BCUT2D eigenvalue weighted by Gasteiger charge is 2.24. The Kier molecular flexibility index (Phi) is 5.23. The Morgan fingerprint density at radius 3 is 2.77 bits per heavy atom. The molecule has 0 saturated heterocycles. The molecule has 0 spiro atoms. The first-order valence-electron chi connectivity index (χ1n) is 8.67. The second-order valence-corrected chi connectivity index (χ2v) is 6.40. The zero-order valence-corrected chi connectivity index (χ0v) is 14.8. The summed E-state index contributed by atoms with van der Waals surface area (Å²) in [6, 6.07) is 11.9. The van der Waals surface area contributed by atoms with Crippen LogP contribution in [0, 0.1) is 6.92 Å². The molecule has 3 aromatic rings. The Bertz CT molecular complexity index is 973. The van der Waals surface area contributed by atoms with E-state index in [9.17, 15) is 14.7 Å². The molecule has 2 atom stereocenters. The fourth-order valence-corrected chi connectivity index (χ4v) is 3.10. The number of aromatic amines is 1. The second kappa shape index (κ2) is 7.58. The van der Waals surface area contributed by atoms with Gasteiger partial charge in [-0.1, -0.05) is 37.6 Å². The fourth-order valence-electron chi connectivity index (χ4n) is 3.10. The van der Waals surface area contributed by atoms with E-state index >= 15 is 0 Å². The van der Waals surface area contributed by atoms with Crippen molar-refractivity contribution in [3.8, 4) is 0 Å². The van der Waals surface area contributed by atoms with Crippen LogP contribution in [-0.4, -0.2) is 22.0 Å². The molecule has 6 nitrogen and oxygen atoms in total. The Labute approximate surface area is 150 Å². The zero-order valence-electron chi connectivity index (χ0n) is 14.8. The van der Waals surface area contributed by atoms with Gasteiger partial charge in [0.2, 0.25) is 0 Å². The van der Waals surface area contributed by atoms with Gasteiger partial charge in [0.05, 0.1) is 17.7 Å². The minimum Gasteiger partial charge on any atom is -0.408 e. The van der Waals surface area contributed by atoms with E-state index in [-0.39, 0.29) is 5.91 Å². The summed E-state index contributed by atoms with van der Waals surface area (Å²) in [5.74, 6) is -0.864. The fraction of sp³-hybridized carbons (Fsp3) is 0.300. The molecule has 2 aromatic carbocycles. The molecule has 0 aliphatic rings. The van der Waals surface area contributed by atoms with E-state index < -0.39 is 17.9 Å². The van der Waals surface area contributed by atoms with E-state index in [1.807, 2.05) is 38.1 Å². The Hall–Kier alpha value is -2.86. The lowest BCUT2D eigenvalue weighted by molar-refractivity contribution is 0.0818. The molecule has 3 rings (SSSR count). The molecule has 0 saturated carbocycles. The maximum absolute atomic E-state index is 12.7. The molecule has 0 bridgehead atoms. The molecule has 1 amide bonds. The quantitative estimate of drug-likeness (QED) is 0.634. The van der Waals surface area contributed by atoms with Gasteiger partial charge >= 0.3 is 5.76 Å². The number of rotatable bonds is 6. The van der Waals surface area contributed by atoms with Crippen LogP contribution in [0.1, 0.15) is 47.4 Å². The molecule has 1 heterocycles. The maximum Gasteiger partial charge on any atom is 0.417 e. The summed E-state index contributed by atoms with van der Waals surface area (Å²) in [6.07, 6.45) is 0.672. The number of benzene rings is 2. The molecule has 0 fully saturated rings. The van der Waals surface area contributed by atoms with Gasteiger partial charge < -0.3 is 14.8 Å². The van der Waals surface area contributed by atoms with E-state index in [1.165, 1.54) is 0 Å². The predicted molar refractivity (Wildman–Crippen MR) is 99.1 cm³/mol. The summed E-state index contributed by atoms with van der Waals surface area (Å²) < 4.78 is 4.95. The van der Waals surface area contributed by atoms with Crippen LogP contribution in [0.3, 0.4) is 0 Å². The third-order valence-corrected chi connectivity index (χ3v) is 4.49. The number of aromatic nitrogens is 1. The SMILES string of the molecule is CCC[C@@H](NC(=O)c1ccc2oc(=O)[nH]c2c1)[C@@H](O)c1ccccc1C.